The quantitative estimate of drug-likeness (QED) is 0.415. The molecule has 33 heavy (non-hydrogen) atoms. The number of esters is 1. The molecule has 168 valence electrons. The van der Waals surface area contributed by atoms with E-state index in [0.717, 1.165) is 27.7 Å². The lowest BCUT2D eigenvalue weighted by molar-refractivity contribution is 0.0586. The van der Waals surface area contributed by atoms with E-state index in [1.165, 1.54) is 19.2 Å². The molecule has 9 heteroatoms. The minimum Gasteiger partial charge on any atom is -0.490 e. The summed E-state index contributed by atoms with van der Waals surface area (Å²) in [6.45, 7) is 2.36. The van der Waals surface area contributed by atoms with Crippen LogP contribution < -0.4 is 4.74 Å². The maximum Gasteiger partial charge on any atom is 0.376 e. The zero-order valence-electron chi connectivity index (χ0n) is 17.8. The van der Waals surface area contributed by atoms with Crippen molar-refractivity contribution in [3.05, 3.63) is 82.8 Å². The molecule has 2 aromatic carbocycles. The minimum absolute atomic E-state index is 0.0287. The molecular formula is C24H20ClFN4O3. The number of carbonyl (C=O) groups excluding carboxylic acids is 1. The average Bonchev–Trinajstić information content (AvgIpc) is 3.12. The molecule has 7 nitrogen and oxygen atoms in total. The summed E-state index contributed by atoms with van der Waals surface area (Å²) in [5, 5.41) is 1.34. The SMILES string of the molecule is COC(=O)c1ncc(CN2CCOc3c(Cl)cc(-n4ccc5cc(F)ccc54)cc3C2)cn1. The molecule has 2 aromatic heterocycles. The van der Waals surface area contributed by atoms with Crippen molar-refractivity contribution in [2.24, 2.45) is 0 Å². The summed E-state index contributed by atoms with van der Waals surface area (Å²) >= 11 is 6.60. The Morgan fingerprint density at radius 2 is 2.03 bits per heavy atom. The normalized spacial score (nSPS) is 13.9. The van der Waals surface area contributed by atoms with Crippen LogP contribution in [-0.4, -0.2) is 45.7 Å². The van der Waals surface area contributed by atoms with Crippen LogP contribution >= 0.6 is 11.6 Å². The van der Waals surface area contributed by atoms with Gasteiger partial charge in [-0.25, -0.2) is 19.2 Å². The van der Waals surface area contributed by atoms with Gasteiger partial charge in [-0.2, -0.15) is 0 Å². The van der Waals surface area contributed by atoms with Crippen molar-refractivity contribution >= 4 is 28.5 Å². The van der Waals surface area contributed by atoms with E-state index < -0.39 is 5.97 Å². The Bertz CT molecular complexity index is 1340. The highest BCUT2D eigenvalue weighted by atomic mass is 35.5. The van der Waals surface area contributed by atoms with E-state index in [2.05, 4.69) is 19.6 Å². The van der Waals surface area contributed by atoms with Gasteiger partial charge < -0.3 is 14.0 Å². The fraction of sp³-hybridized carbons (Fsp3) is 0.208. The third-order valence-electron chi connectivity index (χ3n) is 5.56. The third-order valence-corrected chi connectivity index (χ3v) is 5.84. The number of halogens is 2. The first kappa shape index (κ1) is 21.4. The molecule has 5 rings (SSSR count). The first-order valence-electron chi connectivity index (χ1n) is 10.4. The van der Waals surface area contributed by atoms with Crippen LogP contribution in [-0.2, 0) is 17.8 Å². The summed E-state index contributed by atoms with van der Waals surface area (Å²) in [5.41, 5.74) is 3.58. The summed E-state index contributed by atoms with van der Waals surface area (Å²) in [7, 11) is 1.29. The van der Waals surface area contributed by atoms with E-state index in [0.29, 0.717) is 37.0 Å². The van der Waals surface area contributed by atoms with Gasteiger partial charge in [0.2, 0.25) is 5.82 Å². The largest absolute Gasteiger partial charge is 0.490 e. The molecule has 0 unspecified atom stereocenters. The molecule has 0 atom stereocenters. The fourth-order valence-corrected chi connectivity index (χ4v) is 4.30. The molecular weight excluding hydrogens is 447 g/mol. The van der Waals surface area contributed by atoms with Crippen molar-refractivity contribution in [1.29, 1.82) is 0 Å². The van der Waals surface area contributed by atoms with Crippen molar-refractivity contribution in [1.82, 2.24) is 19.4 Å². The number of carbonyl (C=O) groups is 1. The predicted molar refractivity (Wildman–Crippen MR) is 121 cm³/mol. The number of hydrogen-bond acceptors (Lipinski definition) is 6. The standard InChI is InChI=1S/C24H20ClFN4O3/c1-32-24(31)23-27-11-15(12-28-23)13-29-6-7-33-22-17(14-29)9-19(10-20(22)25)30-5-4-16-8-18(26)2-3-21(16)30/h2-5,8-12H,6-7,13-14H2,1H3. The molecule has 0 saturated heterocycles. The van der Waals surface area contributed by atoms with Gasteiger partial charge in [-0.15, -0.1) is 0 Å². The Kier molecular flexibility index (Phi) is 5.70. The van der Waals surface area contributed by atoms with Crippen molar-refractivity contribution in [2.45, 2.75) is 13.1 Å². The molecule has 0 fully saturated rings. The zero-order chi connectivity index (χ0) is 22.9. The summed E-state index contributed by atoms with van der Waals surface area (Å²) in [6, 6.07) is 10.5. The molecule has 0 spiro atoms. The van der Waals surface area contributed by atoms with E-state index in [1.54, 1.807) is 18.5 Å². The van der Waals surface area contributed by atoms with Crippen molar-refractivity contribution in [3.63, 3.8) is 0 Å². The van der Waals surface area contributed by atoms with Crippen LogP contribution in [0.3, 0.4) is 0 Å². The Balaban J connectivity index is 1.43. The topological polar surface area (TPSA) is 69.5 Å². The minimum atomic E-state index is -0.568. The maximum atomic E-state index is 13.6. The van der Waals surface area contributed by atoms with Gasteiger partial charge in [0.1, 0.15) is 18.2 Å². The van der Waals surface area contributed by atoms with E-state index >= 15 is 0 Å². The summed E-state index contributed by atoms with van der Waals surface area (Å²) in [6.07, 6.45) is 5.15. The first-order chi connectivity index (χ1) is 16.0. The molecule has 0 bridgehead atoms. The summed E-state index contributed by atoms with van der Waals surface area (Å²) < 4.78 is 26.2. The van der Waals surface area contributed by atoms with Crippen molar-refractivity contribution < 1.29 is 18.7 Å². The number of methoxy groups -OCH3 is 1. The van der Waals surface area contributed by atoms with E-state index in [4.69, 9.17) is 16.3 Å². The number of fused-ring (bicyclic) bond motifs is 2. The third kappa shape index (κ3) is 4.27. The lowest BCUT2D eigenvalue weighted by Crippen LogP contribution is -2.25. The monoisotopic (exact) mass is 466 g/mol. The number of benzene rings is 2. The van der Waals surface area contributed by atoms with Crippen molar-refractivity contribution in [3.8, 4) is 11.4 Å². The van der Waals surface area contributed by atoms with Crippen molar-refractivity contribution in [2.75, 3.05) is 20.3 Å². The van der Waals surface area contributed by atoms with Gasteiger partial charge in [0, 0.05) is 60.4 Å². The summed E-state index contributed by atoms with van der Waals surface area (Å²) in [5.74, 6) is -0.141. The predicted octanol–water partition coefficient (Wildman–Crippen LogP) is 4.39. The Hall–Kier alpha value is -3.49. The number of rotatable bonds is 4. The highest BCUT2D eigenvalue weighted by Crippen LogP contribution is 2.35. The smallest absolute Gasteiger partial charge is 0.376 e. The zero-order valence-corrected chi connectivity index (χ0v) is 18.6. The van der Waals surface area contributed by atoms with Crippen LogP contribution in [0.1, 0.15) is 21.7 Å². The molecule has 0 radical (unpaired) electrons. The van der Waals surface area contributed by atoms with Gasteiger partial charge in [0.15, 0.2) is 0 Å². The molecule has 4 aromatic rings. The van der Waals surface area contributed by atoms with Gasteiger partial charge in [0.25, 0.3) is 0 Å². The molecule has 0 saturated carbocycles. The van der Waals surface area contributed by atoms with Crippen LogP contribution in [0.25, 0.3) is 16.6 Å². The summed E-state index contributed by atoms with van der Waals surface area (Å²) in [4.78, 5) is 21.9. The van der Waals surface area contributed by atoms with Gasteiger partial charge >= 0.3 is 5.97 Å². The number of nitrogens with zero attached hydrogens (tertiary/aromatic N) is 4. The molecule has 0 amide bonds. The molecule has 1 aliphatic rings. The van der Waals surface area contributed by atoms with Crippen LogP contribution in [0, 0.1) is 5.82 Å². The Morgan fingerprint density at radius 1 is 1.21 bits per heavy atom. The number of ether oxygens (including phenoxy) is 2. The second kappa shape index (κ2) is 8.80. The first-order valence-corrected chi connectivity index (χ1v) is 10.7. The molecule has 0 aliphatic carbocycles. The van der Waals surface area contributed by atoms with Crippen LogP contribution in [0.15, 0.2) is 55.0 Å². The van der Waals surface area contributed by atoms with Crippen LogP contribution in [0.2, 0.25) is 5.02 Å². The second-order valence-corrected chi connectivity index (χ2v) is 8.18. The fourth-order valence-electron chi connectivity index (χ4n) is 4.01. The Morgan fingerprint density at radius 3 is 2.82 bits per heavy atom. The van der Waals surface area contributed by atoms with Crippen LogP contribution in [0.4, 0.5) is 4.39 Å². The van der Waals surface area contributed by atoms with Gasteiger partial charge in [-0.3, -0.25) is 4.90 Å². The maximum absolute atomic E-state index is 13.6. The second-order valence-electron chi connectivity index (χ2n) is 7.77. The van der Waals surface area contributed by atoms with E-state index in [-0.39, 0.29) is 11.6 Å². The van der Waals surface area contributed by atoms with Gasteiger partial charge in [-0.1, -0.05) is 11.6 Å². The molecule has 0 N–H and O–H groups in total. The average molecular weight is 467 g/mol. The van der Waals surface area contributed by atoms with E-state index in [1.807, 2.05) is 29.0 Å². The lowest BCUT2D eigenvalue weighted by Gasteiger charge is -2.19. The van der Waals surface area contributed by atoms with Crippen LogP contribution in [0.5, 0.6) is 5.75 Å². The number of hydrogen-bond donors (Lipinski definition) is 0. The molecule has 1 aliphatic heterocycles. The number of aromatic nitrogens is 3. The van der Waals surface area contributed by atoms with Gasteiger partial charge in [0.05, 0.1) is 17.6 Å². The Labute approximate surface area is 194 Å². The highest BCUT2D eigenvalue weighted by molar-refractivity contribution is 6.32. The van der Waals surface area contributed by atoms with E-state index in [9.17, 15) is 9.18 Å². The van der Waals surface area contributed by atoms with Gasteiger partial charge in [-0.05, 0) is 36.4 Å². The molecule has 3 heterocycles. The lowest BCUT2D eigenvalue weighted by atomic mass is 10.1. The highest BCUT2D eigenvalue weighted by Gasteiger charge is 2.20.